The van der Waals surface area contributed by atoms with E-state index >= 15 is 0 Å². The molecule has 3 aromatic rings. The van der Waals surface area contributed by atoms with Crippen molar-refractivity contribution in [3.8, 4) is 5.75 Å². The molecule has 0 aliphatic heterocycles. The van der Waals surface area contributed by atoms with Crippen molar-refractivity contribution in [3.05, 3.63) is 88.0 Å². The zero-order valence-corrected chi connectivity index (χ0v) is 19.6. The molecule has 0 fully saturated rings. The molecule has 0 saturated carbocycles. The molecule has 4 nitrogen and oxygen atoms in total. The zero-order chi connectivity index (χ0) is 22.4. The van der Waals surface area contributed by atoms with E-state index in [2.05, 4.69) is 44.8 Å². The molecule has 0 saturated heterocycles. The Morgan fingerprint density at radius 2 is 2.10 bits per heavy atom. The Hall–Kier alpha value is -2.79. The lowest BCUT2D eigenvalue weighted by atomic mass is 9.81. The molecular weight excluding hydrogens is 406 g/mol. The average molecular weight is 438 g/mol. The van der Waals surface area contributed by atoms with E-state index in [1.54, 1.807) is 24.5 Å². The second kappa shape index (κ2) is 10.0. The summed E-state index contributed by atoms with van der Waals surface area (Å²) in [6, 6.07) is 11.8. The Morgan fingerprint density at radius 3 is 2.74 bits per heavy atom. The van der Waals surface area contributed by atoms with Crippen LogP contribution < -0.4 is 10.1 Å². The first-order chi connectivity index (χ1) is 14.9. The van der Waals surface area contributed by atoms with E-state index in [4.69, 9.17) is 9.15 Å². The molecule has 1 atom stereocenters. The van der Waals surface area contributed by atoms with Gasteiger partial charge in [0.1, 0.15) is 11.5 Å². The summed E-state index contributed by atoms with van der Waals surface area (Å²) in [5.41, 5.74) is 3.46. The normalized spacial score (nSPS) is 12.4. The molecule has 1 unspecified atom stereocenters. The smallest absolute Gasteiger partial charge is 0.287 e. The average Bonchev–Trinajstić information content (AvgIpc) is 3.46. The van der Waals surface area contributed by atoms with Crippen LogP contribution in [0.1, 0.15) is 72.7 Å². The van der Waals surface area contributed by atoms with Crippen molar-refractivity contribution in [3.63, 3.8) is 0 Å². The number of rotatable bonds is 10. The maximum Gasteiger partial charge on any atom is 0.287 e. The van der Waals surface area contributed by atoms with Crippen LogP contribution in [0.15, 0.2) is 64.2 Å². The monoisotopic (exact) mass is 437 g/mol. The predicted molar refractivity (Wildman–Crippen MR) is 127 cm³/mol. The molecule has 3 rings (SSSR count). The fourth-order valence-corrected chi connectivity index (χ4v) is 4.19. The van der Waals surface area contributed by atoms with Gasteiger partial charge in [-0.1, -0.05) is 39.0 Å². The highest BCUT2D eigenvalue weighted by atomic mass is 32.1. The summed E-state index contributed by atoms with van der Waals surface area (Å²) in [7, 11) is 1.68. The molecule has 1 aromatic carbocycles. The fraction of sp³-hybridized carbons (Fsp3) is 0.346. The zero-order valence-electron chi connectivity index (χ0n) is 18.7. The van der Waals surface area contributed by atoms with E-state index in [1.165, 1.54) is 5.56 Å². The molecule has 0 aliphatic rings. The fourth-order valence-electron chi connectivity index (χ4n) is 3.47. The van der Waals surface area contributed by atoms with Gasteiger partial charge in [0.05, 0.1) is 13.2 Å². The Kier molecular flexibility index (Phi) is 7.39. The SMILES string of the molecule is C=CCC(NC(=O)c1ccc(Cc2cc(C(C)(C)CC)ccc2OC)o1)c1ccsc1. The van der Waals surface area contributed by atoms with Crippen molar-refractivity contribution < 1.29 is 13.9 Å². The van der Waals surface area contributed by atoms with Gasteiger partial charge in [0.2, 0.25) is 0 Å². The Balaban J connectivity index is 1.77. The Morgan fingerprint density at radius 1 is 1.29 bits per heavy atom. The van der Waals surface area contributed by atoms with Crippen molar-refractivity contribution in [2.24, 2.45) is 0 Å². The summed E-state index contributed by atoms with van der Waals surface area (Å²) in [4.78, 5) is 12.8. The van der Waals surface area contributed by atoms with Crippen LogP contribution >= 0.6 is 11.3 Å². The van der Waals surface area contributed by atoms with Crippen LogP contribution in [0.2, 0.25) is 0 Å². The lowest BCUT2D eigenvalue weighted by Crippen LogP contribution is -2.27. The van der Waals surface area contributed by atoms with Crippen LogP contribution in [-0.4, -0.2) is 13.0 Å². The van der Waals surface area contributed by atoms with Crippen LogP contribution in [0, 0.1) is 0 Å². The lowest BCUT2D eigenvalue weighted by Gasteiger charge is -2.24. The van der Waals surface area contributed by atoms with Crippen molar-refractivity contribution >= 4 is 17.2 Å². The third kappa shape index (κ3) is 5.47. The molecule has 0 bridgehead atoms. The van der Waals surface area contributed by atoms with Gasteiger partial charge in [-0.25, -0.2) is 0 Å². The third-order valence-corrected chi connectivity index (χ3v) is 6.55. The number of nitrogens with one attached hydrogen (secondary N) is 1. The highest BCUT2D eigenvalue weighted by molar-refractivity contribution is 7.08. The van der Waals surface area contributed by atoms with Gasteiger partial charge in [0, 0.05) is 12.0 Å². The van der Waals surface area contributed by atoms with Crippen molar-refractivity contribution in [1.82, 2.24) is 5.32 Å². The van der Waals surface area contributed by atoms with Crippen LogP contribution in [0.5, 0.6) is 5.75 Å². The molecule has 5 heteroatoms. The summed E-state index contributed by atoms with van der Waals surface area (Å²) >= 11 is 1.61. The maximum atomic E-state index is 12.8. The largest absolute Gasteiger partial charge is 0.496 e. The number of furan rings is 1. The van der Waals surface area contributed by atoms with Gasteiger partial charge < -0.3 is 14.5 Å². The second-order valence-electron chi connectivity index (χ2n) is 8.31. The molecule has 1 N–H and O–H groups in total. The van der Waals surface area contributed by atoms with E-state index in [0.29, 0.717) is 18.6 Å². The minimum absolute atomic E-state index is 0.0804. The lowest BCUT2D eigenvalue weighted by molar-refractivity contribution is 0.0907. The van der Waals surface area contributed by atoms with Gasteiger partial charge in [-0.05, 0) is 64.4 Å². The highest BCUT2D eigenvalue weighted by Crippen LogP contribution is 2.32. The Labute approximate surface area is 188 Å². The number of methoxy groups -OCH3 is 1. The van der Waals surface area contributed by atoms with Gasteiger partial charge in [0.25, 0.3) is 5.91 Å². The van der Waals surface area contributed by atoms with E-state index in [0.717, 1.165) is 29.1 Å². The number of benzene rings is 1. The molecule has 164 valence electrons. The molecular formula is C26H31NO3S. The number of hydrogen-bond acceptors (Lipinski definition) is 4. The molecule has 0 aliphatic carbocycles. The van der Waals surface area contributed by atoms with E-state index in [-0.39, 0.29) is 17.4 Å². The summed E-state index contributed by atoms with van der Waals surface area (Å²) in [5.74, 6) is 1.63. The topological polar surface area (TPSA) is 51.5 Å². The number of hydrogen-bond donors (Lipinski definition) is 1. The van der Waals surface area contributed by atoms with Crippen LogP contribution in [-0.2, 0) is 11.8 Å². The van der Waals surface area contributed by atoms with Crippen LogP contribution in [0.4, 0.5) is 0 Å². The number of ether oxygens (including phenoxy) is 1. The van der Waals surface area contributed by atoms with E-state index in [1.807, 2.05) is 35.0 Å². The van der Waals surface area contributed by atoms with Gasteiger partial charge in [-0.3, -0.25) is 4.79 Å². The molecule has 1 amide bonds. The predicted octanol–water partition coefficient (Wildman–Crippen LogP) is 6.68. The van der Waals surface area contributed by atoms with Gasteiger partial charge in [-0.15, -0.1) is 6.58 Å². The molecule has 2 heterocycles. The highest BCUT2D eigenvalue weighted by Gasteiger charge is 2.21. The number of carbonyl (C=O) groups excluding carboxylic acids is 1. The van der Waals surface area contributed by atoms with Crippen LogP contribution in [0.25, 0.3) is 0 Å². The first-order valence-electron chi connectivity index (χ1n) is 10.6. The van der Waals surface area contributed by atoms with Crippen molar-refractivity contribution in [1.29, 1.82) is 0 Å². The standard InChI is InChI=1S/C26H31NO3S/c1-6-8-22(18-13-14-31-17-18)27-25(28)24-12-10-21(30-24)16-19-15-20(26(3,4)7-2)9-11-23(19)29-5/h6,9-15,17,22H,1,7-8,16H2,2-5H3,(H,27,28). The first-order valence-corrected chi connectivity index (χ1v) is 11.5. The van der Waals surface area contributed by atoms with Crippen molar-refractivity contribution in [2.75, 3.05) is 7.11 Å². The minimum atomic E-state index is -0.225. The third-order valence-electron chi connectivity index (χ3n) is 5.85. The molecule has 0 spiro atoms. The maximum absolute atomic E-state index is 12.8. The summed E-state index contributed by atoms with van der Waals surface area (Å²) < 4.78 is 11.5. The molecule has 0 radical (unpaired) electrons. The van der Waals surface area contributed by atoms with Crippen molar-refractivity contribution in [2.45, 2.75) is 51.5 Å². The number of carbonyl (C=O) groups is 1. The summed E-state index contributed by atoms with van der Waals surface area (Å²) in [6.07, 6.45) is 4.07. The van der Waals surface area contributed by atoms with E-state index < -0.39 is 0 Å². The number of thiophene rings is 1. The first kappa shape index (κ1) is 22.9. The summed E-state index contributed by atoms with van der Waals surface area (Å²) in [5, 5.41) is 7.10. The Bertz CT molecular complexity index is 1020. The quantitative estimate of drug-likeness (QED) is 0.360. The minimum Gasteiger partial charge on any atom is -0.496 e. The molecule has 2 aromatic heterocycles. The van der Waals surface area contributed by atoms with Gasteiger partial charge in [0.15, 0.2) is 5.76 Å². The van der Waals surface area contributed by atoms with Gasteiger partial charge in [-0.2, -0.15) is 11.3 Å². The van der Waals surface area contributed by atoms with Crippen LogP contribution in [0.3, 0.4) is 0 Å². The number of amides is 1. The van der Waals surface area contributed by atoms with Gasteiger partial charge >= 0.3 is 0 Å². The summed E-state index contributed by atoms with van der Waals surface area (Å²) in [6.45, 7) is 10.5. The molecule has 31 heavy (non-hydrogen) atoms. The van der Waals surface area contributed by atoms with E-state index in [9.17, 15) is 4.79 Å². The second-order valence-corrected chi connectivity index (χ2v) is 9.09.